The molecule has 4 rings (SSSR count). The van der Waals surface area contributed by atoms with Gasteiger partial charge in [-0.1, -0.05) is 36.4 Å². The molecule has 0 radical (unpaired) electrons. The van der Waals surface area contributed by atoms with Crippen LogP contribution < -0.4 is 4.74 Å². The van der Waals surface area contributed by atoms with Gasteiger partial charge in [0, 0.05) is 29.0 Å². The van der Waals surface area contributed by atoms with Crippen LogP contribution in [-0.4, -0.2) is 22.9 Å². The minimum atomic E-state index is -0.504. The second-order valence-corrected chi connectivity index (χ2v) is 7.15. The van der Waals surface area contributed by atoms with Crippen LogP contribution in [0.1, 0.15) is 16.7 Å². The number of methoxy groups -OCH3 is 1. The molecular formula is C27H21N3O3. The summed E-state index contributed by atoms with van der Waals surface area (Å²) in [4.78, 5) is 12.4. The molecule has 0 N–H and O–H groups in total. The topological polar surface area (TPSA) is 77.1 Å². The largest absolute Gasteiger partial charge is 0.497 e. The summed E-state index contributed by atoms with van der Waals surface area (Å²) in [5, 5.41) is 13.9. The fourth-order valence-electron chi connectivity index (χ4n) is 3.31. The van der Waals surface area contributed by atoms with Crippen molar-refractivity contribution in [3.8, 4) is 28.8 Å². The Morgan fingerprint density at radius 1 is 1.03 bits per heavy atom. The quantitative estimate of drug-likeness (QED) is 0.295. The molecule has 4 aromatic rings. The molecule has 0 aliphatic heterocycles. The van der Waals surface area contributed by atoms with Crippen molar-refractivity contribution < 1.29 is 14.3 Å². The van der Waals surface area contributed by atoms with E-state index < -0.39 is 5.97 Å². The fourth-order valence-corrected chi connectivity index (χ4v) is 3.31. The summed E-state index contributed by atoms with van der Waals surface area (Å²) in [7, 11) is 1.62. The Morgan fingerprint density at radius 3 is 2.48 bits per heavy atom. The van der Waals surface area contributed by atoms with Crippen molar-refractivity contribution in [2.75, 3.05) is 7.11 Å². The van der Waals surface area contributed by atoms with Crippen LogP contribution in [0.4, 0.5) is 0 Å². The normalized spacial score (nSPS) is 10.7. The van der Waals surface area contributed by atoms with Gasteiger partial charge in [-0.2, -0.15) is 10.4 Å². The van der Waals surface area contributed by atoms with Crippen molar-refractivity contribution in [3.05, 3.63) is 108 Å². The molecule has 0 aliphatic carbocycles. The van der Waals surface area contributed by atoms with E-state index in [0.29, 0.717) is 11.1 Å². The zero-order valence-electron chi connectivity index (χ0n) is 18.0. The standard InChI is InChI=1S/C27H21N3O3/c1-32-25-14-11-20(12-15-25)27-22(18-30(29-27)24-9-3-2-4-10-24)13-16-26(31)33-19-23-8-6-5-7-21(23)17-28/h2-16,18H,19H2,1H3. The molecule has 0 saturated heterocycles. The van der Waals surface area contributed by atoms with Gasteiger partial charge in [0.2, 0.25) is 0 Å². The van der Waals surface area contributed by atoms with E-state index in [1.54, 1.807) is 42.1 Å². The van der Waals surface area contributed by atoms with Gasteiger partial charge in [-0.05, 0) is 48.5 Å². The number of esters is 1. The molecular weight excluding hydrogens is 414 g/mol. The molecule has 0 atom stereocenters. The Hall–Kier alpha value is -4.63. The summed E-state index contributed by atoms with van der Waals surface area (Å²) in [6, 6.07) is 26.4. The van der Waals surface area contributed by atoms with E-state index >= 15 is 0 Å². The number of nitrogens with zero attached hydrogens (tertiary/aromatic N) is 3. The number of hydrogen-bond donors (Lipinski definition) is 0. The molecule has 6 heteroatoms. The van der Waals surface area contributed by atoms with E-state index in [1.807, 2.05) is 60.8 Å². The molecule has 0 spiro atoms. The van der Waals surface area contributed by atoms with Crippen LogP contribution in [0, 0.1) is 11.3 Å². The first-order valence-electron chi connectivity index (χ1n) is 10.3. The lowest BCUT2D eigenvalue weighted by molar-refractivity contribution is -0.138. The molecule has 1 aromatic heterocycles. The van der Waals surface area contributed by atoms with Crippen molar-refractivity contribution in [1.82, 2.24) is 9.78 Å². The van der Waals surface area contributed by atoms with Crippen LogP contribution in [-0.2, 0) is 16.1 Å². The summed E-state index contributed by atoms with van der Waals surface area (Å²) in [6.07, 6.45) is 4.92. The zero-order chi connectivity index (χ0) is 23.0. The van der Waals surface area contributed by atoms with Gasteiger partial charge in [0.15, 0.2) is 0 Å². The first kappa shape index (κ1) is 21.6. The highest BCUT2D eigenvalue weighted by Crippen LogP contribution is 2.26. The summed E-state index contributed by atoms with van der Waals surface area (Å²) in [6.45, 7) is 0.0293. The molecule has 162 valence electrons. The van der Waals surface area contributed by atoms with Gasteiger partial charge in [0.05, 0.1) is 30.1 Å². The van der Waals surface area contributed by atoms with Gasteiger partial charge in [0.1, 0.15) is 12.4 Å². The summed E-state index contributed by atoms with van der Waals surface area (Å²) in [5.41, 5.74) is 4.43. The van der Waals surface area contributed by atoms with Crippen LogP contribution in [0.25, 0.3) is 23.0 Å². The first-order valence-corrected chi connectivity index (χ1v) is 10.3. The maximum absolute atomic E-state index is 12.4. The average molecular weight is 435 g/mol. The zero-order valence-corrected chi connectivity index (χ0v) is 18.0. The van der Waals surface area contributed by atoms with Crippen LogP contribution in [0.2, 0.25) is 0 Å². The predicted octanol–water partition coefficient (Wildman–Crippen LogP) is 5.18. The Bertz CT molecular complexity index is 1320. The number of para-hydroxylation sites is 1. The number of benzene rings is 3. The summed E-state index contributed by atoms with van der Waals surface area (Å²) >= 11 is 0. The first-order chi connectivity index (χ1) is 16.2. The lowest BCUT2D eigenvalue weighted by atomic mass is 10.1. The molecule has 6 nitrogen and oxygen atoms in total. The third-order valence-corrected chi connectivity index (χ3v) is 5.03. The SMILES string of the molecule is COc1ccc(-c2nn(-c3ccccc3)cc2C=CC(=O)OCc2ccccc2C#N)cc1. The molecule has 0 amide bonds. The van der Waals surface area contributed by atoms with E-state index in [4.69, 9.17) is 14.6 Å². The lowest BCUT2D eigenvalue weighted by Crippen LogP contribution is -2.02. The van der Waals surface area contributed by atoms with Gasteiger partial charge in [-0.15, -0.1) is 0 Å². The number of carbonyl (C=O) groups excluding carboxylic acids is 1. The van der Waals surface area contributed by atoms with E-state index in [0.717, 1.165) is 28.3 Å². The predicted molar refractivity (Wildman–Crippen MR) is 126 cm³/mol. The van der Waals surface area contributed by atoms with Gasteiger partial charge in [-0.25, -0.2) is 9.48 Å². The molecule has 0 bridgehead atoms. The van der Waals surface area contributed by atoms with Crippen molar-refractivity contribution >= 4 is 12.0 Å². The number of rotatable bonds is 7. The molecule has 0 unspecified atom stereocenters. The third-order valence-electron chi connectivity index (χ3n) is 5.03. The monoisotopic (exact) mass is 435 g/mol. The van der Waals surface area contributed by atoms with Gasteiger partial charge in [-0.3, -0.25) is 0 Å². The highest BCUT2D eigenvalue weighted by molar-refractivity contribution is 5.88. The van der Waals surface area contributed by atoms with Gasteiger partial charge >= 0.3 is 5.97 Å². The van der Waals surface area contributed by atoms with Crippen LogP contribution in [0.15, 0.2) is 91.1 Å². The van der Waals surface area contributed by atoms with E-state index in [-0.39, 0.29) is 6.61 Å². The Labute approximate surface area is 191 Å². The molecule has 33 heavy (non-hydrogen) atoms. The van der Waals surface area contributed by atoms with E-state index in [1.165, 1.54) is 6.08 Å². The summed E-state index contributed by atoms with van der Waals surface area (Å²) in [5.74, 6) is 0.246. The van der Waals surface area contributed by atoms with Gasteiger partial charge < -0.3 is 9.47 Å². The molecule has 1 heterocycles. The van der Waals surface area contributed by atoms with E-state index in [2.05, 4.69) is 6.07 Å². The van der Waals surface area contributed by atoms with Crippen LogP contribution in [0.5, 0.6) is 5.75 Å². The van der Waals surface area contributed by atoms with Crippen molar-refractivity contribution in [1.29, 1.82) is 5.26 Å². The Balaban J connectivity index is 1.58. The molecule has 0 fully saturated rings. The maximum atomic E-state index is 12.4. The second kappa shape index (κ2) is 10.1. The number of carbonyl (C=O) groups is 1. The fraction of sp³-hybridized carbons (Fsp3) is 0.0741. The van der Waals surface area contributed by atoms with Crippen LogP contribution in [0.3, 0.4) is 0 Å². The van der Waals surface area contributed by atoms with Crippen molar-refractivity contribution in [2.24, 2.45) is 0 Å². The molecule has 0 aliphatic rings. The van der Waals surface area contributed by atoms with Gasteiger partial charge in [0.25, 0.3) is 0 Å². The highest BCUT2D eigenvalue weighted by atomic mass is 16.5. The Kier molecular flexibility index (Phi) is 6.62. The second-order valence-electron chi connectivity index (χ2n) is 7.15. The van der Waals surface area contributed by atoms with Crippen LogP contribution >= 0.6 is 0 Å². The minimum Gasteiger partial charge on any atom is -0.497 e. The number of hydrogen-bond acceptors (Lipinski definition) is 5. The highest BCUT2D eigenvalue weighted by Gasteiger charge is 2.12. The third kappa shape index (κ3) is 5.17. The average Bonchev–Trinajstić information content (AvgIpc) is 3.31. The van der Waals surface area contributed by atoms with Crippen molar-refractivity contribution in [2.45, 2.75) is 6.61 Å². The number of nitriles is 1. The maximum Gasteiger partial charge on any atom is 0.331 e. The number of aromatic nitrogens is 2. The lowest BCUT2D eigenvalue weighted by Gasteiger charge is -2.04. The summed E-state index contributed by atoms with van der Waals surface area (Å²) < 4.78 is 12.4. The Morgan fingerprint density at radius 2 is 1.76 bits per heavy atom. The minimum absolute atomic E-state index is 0.0293. The van der Waals surface area contributed by atoms with Crippen molar-refractivity contribution in [3.63, 3.8) is 0 Å². The molecule has 0 saturated carbocycles. The number of ether oxygens (including phenoxy) is 2. The molecule has 3 aromatic carbocycles. The smallest absolute Gasteiger partial charge is 0.331 e. The van der Waals surface area contributed by atoms with E-state index in [9.17, 15) is 10.1 Å².